The fraction of sp³-hybridized carbons (Fsp3) is 0.364. The lowest BCUT2D eigenvalue weighted by Gasteiger charge is -2.23. The molecule has 0 bridgehead atoms. The van der Waals surface area contributed by atoms with Gasteiger partial charge in [0.15, 0.2) is 0 Å². The van der Waals surface area contributed by atoms with E-state index in [0.717, 1.165) is 23.2 Å². The lowest BCUT2D eigenvalue weighted by molar-refractivity contribution is -0.118. The molecule has 2 N–H and O–H groups in total. The lowest BCUT2D eigenvalue weighted by Crippen LogP contribution is -2.47. The maximum atomic E-state index is 12.9. The summed E-state index contributed by atoms with van der Waals surface area (Å²) < 4.78 is 5.11. The molecule has 2 rings (SSSR count). The van der Waals surface area contributed by atoms with Crippen LogP contribution < -0.4 is 15.4 Å². The van der Waals surface area contributed by atoms with Crippen LogP contribution in [0, 0.1) is 12.8 Å². The van der Waals surface area contributed by atoms with Crippen molar-refractivity contribution in [1.29, 1.82) is 0 Å². The van der Waals surface area contributed by atoms with Crippen LogP contribution in [-0.4, -0.2) is 25.0 Å². The lowest BCUT2D eigenvalue weighted by atomic mass is 10.0. The van der Waals surface area contributed by atoms with Gasteiger partial charge >= 0.3 is 0 Å². The first kappa shape index (κ1) is 20.5. The van der Waals surface area contributed by atoms with Gasteiger partial charge in [-0.25, -0.2) is 0 Å². The molecule has 0 saturated heterocycles. The van der Waals surface area contributed by atoms with E-state index >= 15 is 0 Å². The van der Waals surface area contributed by atoms with Gasteiger partial charge in [-0.2, -0.15) is 0 Å². The van der Waals surface area contributed by atoms with Gasteiger partial charge in [-0.05, 0) is 54.7 Å². The molecule has 2 aromatic carbocycles. The molecule has 1 unspecified atom stereocenters. The first-order valence-electron chi connectivity index (χ1n) is 9.21. The highest BCUT2D eigenvalue weighted by molar-refractivity contribution is 6.01. The van der Waals surface area contributed by atoms with Crippen LogP contribution in [0.25, 0.3) is 0 Å². The number of carbonyl (C=O) groups is 2. The second-order valence-corrected chi connectivity index (χ2v) is 6.88. The predicted octanol–water partition coefficient (Wildman–Crippen LogP) is 3.96. The molecule has 0 aliphatic rings. The zero-order chi connectivity index (χ0) is 20.0. The Morgan fingerprint density at radius 2 is 1.74 bits per heavy atom. The van der Waals surface area contributed by atoms with Crippen molar-refractivity contribution in [2.24, 2.45) is 5.92 Å². The summed E-state index contributed by atoms with van der Waals surface area (Å²) in [6, 6.07) is 12.1. The number of nitrogens with one attached hydrogen (secondary N) is 2. The molecule has 0 aliphatic heterocycles. The van der Waals surface area contributed by atoms with E-state index in [0.29, 0.717) is 11.3 Å². The van der Waals surface area contributed by atoms with Crippen LogP contribution >= 0.6 is 0 Å². The van der Waals surface area contributed by atoms with Crippen molar-refractivity contribution in [1.82, 2.24) is 5.32 Å². The Kier molecular flexibility index (Phi) is 6.99. The number of hydrogen-bond acceptors (Lipinski definition) is 3. The van der Waals surface area contributed by atoms with E-state index in [1.165, 1.54) is 0 Å². The summed E-state index contributed by atoms with van der Waals surface area (Å²) in [5.41, 5.74) is 3.40. The third-order valence-electron chi connectivity index (χ3n) is 4.58. The van der Waals surface area contributed by atoms with Crippen LogP contribution in [0.1, 0.15) is 42.3 Å². The number of aryl methyl sites for hydroxylation is 2. The van der Waals surface area contributed by atoms with Gasteiger partial charge in [0.1, 0.15) is 11.8 Å². The summed E-state index contributed by atoms with van der Waals surface area (Å²) in [7, 11) is 1.57. The van der Waals surface area contributed by atoms with E-state index < -0.39 is 6.04 Å². The molecular formula is C22H28N2O3. The Morgan fingerprint density at radius 1 is 1.07 bits per heavy atom. The molecule has 1 atom stereocenters. The Balaban J connectivity index is 2.16. The smallest absolute Gasteiger partial charge is 0.251 e. The number of ether oxygens (including phenoxy) is 1. The topological polar surface area (TPSA) is 67.4 Å². The fourth-order valence-electron chi connectivity index (χ4n) is 2.90. The molecule has 5 nitrogen and oxygen atoms in total. The number of carbonyl (C=O) groups excluding carboxylic acids is 2. The first-order chi connectivity index (χ1) is 12.9. The van der Waals surface area contributed by atoms with Gasteiger partial charge in [-0.1, -0.05) is 39.0 Å². The van der Waals surface area contributed by atoms with Crippen molar-refractivity contribution in [3.63, 3.8) is 0 Å². The summed E-state index contributed by atoms with van der Waals surface area (Å²) in [6.07, 6.45) is 0.821. The van der Waals surface area contributed by atoms with Gasteiger partial charge in [-0.15, -0.1) is 0 Å². The number of rotatable bonds is 7. The van der Waals surface area contributed by atoms with Gasteiger partial charge in [0.05, 0.1) is 7.11 Å². The highest BCUT2D eigenvalue weighted by atomic mass is 16.5. The number of benzene rings is 2. The molecule has 0 spiro atoms. The zero-order valence-electron chi connectivity index (χ0n) is 16.6. The van der Waals surface area contributed by atoms with Crippen LogP contribution in [0.5, 0.6) is 5.75 Å². The number of hydrogen-bond donors (Lipinski definition) is 2. The number of para-hydroxylation sites is 1. The van der Waals surface area contributed by atoms with E-state index in [1.807, 2.05) is 39.0 Å². The minimum Gasteiger partial charge on any atom is -0.497 e. The summed E-state index contributed by atoms with van der Waals surface area (Å²) in [5, 5.41) is 5.87. The molecule has 144 valence electrons. The van der Waals surface area contributed by atoms with Crippen LogP contribution in [0.4, 0.5) is 5.69 Å². The van der Waals surface area contributed by atoms with Crippen molar-refractivity contribution in [2.75, 3.05) is 12.4 Å². The Labute approximate surface area is 161 Å². The van der Waals surface area contributed by atoms with Gasteiger partial charge in [0.2, 0.25) is 5.91 Å². The number of anilines is 1. The van der Waals surface area contributed by atoms with E-state index in [1.54, 1.807) is 31.4 Å². The average Bonchev–Trinajstić information content (AvgIpc) is 2.67. The molecule has 0 aromatic heterocycles. The monoisotopic (exact) mass is 368 g/mol. The quantitative estimate of drug-likeness (QED) is 0.777. The Hall–Kier alpha value is -2.82. The van der Waals surface area contributed by atoms with Crippen molar-refractivity contribution in [3.05, 3.63) is 59.2 Å². The van der Waals surface area contributed by atoms with Crippen LogP contribution in [0.15, 0.2) is 42.5 Å². The summed E-state index contributed by atoms with van der Waals surface area (Å²) in [5.74, 6) is 0.125. The number of methoxy groups -OCH3 is 1. The van der Waals surface area contributed by atoms with E-state index in [-0.39, 0.29) is 17.7 Å². The summed E-state index contributed by atoms with van der Waals surface area (Å²) in [4.78, 5) is 25.5. The largest absolute Gasteiger partial charge is 0.497 e. The predicted molar refractivity (Wildman–Crippen MR) is 108 cm³/mol. The maximum Gasteiger partial charge on any atom is 0.251 e. The van der Waals surface area contributed by atoms with Crippen molar-refractivity contribution in [3.8, 4) is 5.75 Å². The molecular weight excluding hydrogens is 340 g/mol. The maximum absolute atomic E-state index is 12.9. The molecule has 0 aliphatic carbocycles. The van der Waals surface area contributed by atoms with Crippen molar-refractivity contribution >= 4 is 17.5 Å². The fourth-order valence-corrected chi connectivity index (χ4v) is 2.90. The summed E-state index contributed by atoms with van der Waals surface area (Å²) in [6.45, 7) is 7.85. The van der Waals surface area contributed by atoms with Crippen LogP contribution in [-0.2, 0) is 11.2 Å². The van der Waals surface area contributed by atoms with Gasteiger partial charge in [-0.3, -0.25) is 9.59 Å². The standard InChI is InChI=1S/C22H28N2O3/c1-6-16-9-7-8-15(4)20(16)24-22(26)19(14(2)3)23-21(25)17-10-12-18(27-5)13-11-17/h7-14,19H,6H2,1-5H3,(H,23,25)(H,24,26). The van der Waals surface area contributed by atoms with Crippen molar-refractivity contribution < 1.29 is 14.3 Å². The minimum absolute atomic E-state index is 0.0544. The number of amides is 2. The highest BCUT2D eigenvalue weighted by Gasteiger charge is 2.25. The average molecular weight is 368 g/mol. The molecule has 0 heterocycles. The molecule has 0 fully saturated rings. The first-order valence-corrected chi connectivity index (χ1v) is 9.21. The van der Waals surface area contributed by atoms with E-state index in [4.69, 9.17) is 4.74 Å². The normalized spacial score (nSPS) is 11.8. The Bertz CT molecular complexity index is 798. The van der Waals surface area contributed by atoms with Crippen molar-refractivity contribution in [2.45, 2.75) is 40.2 Å². The molecule has 0 radical (unpaired) electrons. The van der Waals surface area contributed by atoms with Gasteiger partial charge in [0, 0.05) is 11.3 Å². The third kappa shape index (κ3) is 5.09. The minimum atomic E-state index is -0.635. The van der Waals surface area contributed by atoms with Crippen LogP contribution in [0.2, 0.25) is 0 Å². The molecule has 5 heteroatoms. The SMILES string of the molecule is CCc1cccc(C)c1NC(=O)C(NC(=O)c1ccc(OC)cc1)C(C)C. The molecule has 27 heavy (non-hydrogen) atoms. The summed E-state index contributed by atoms with van der Waals surface area (Å²) >= 11 is 0. The third-order valence-corrected chi connectivity index (χ3v) is 4.58. The van der Waals surface area contributed by atoms with Gasteiger partial charge in [0.25, 0.3) is 5.91 Å². The zero-order valence-corrected chi connectivity index (χ0v) is 16.6. The van der Waals surface area contributed by atoms with E-state index in [9.17, 15) is 9.59 Å². The Morgan fingerprint density at radius 3 is 2.30 bits per heavy atom. The highest BCUT2D eigenvalue weighted by Crippen LogP contribution is 2.22. The van der Waals surface area contributed by atoms with Crippen LogP contribution in [0.3, 0.4) is 0 Å². The van der Waals surface area contributed by atoms with Gasteiger partial charge < -0.3 is 15.4 Å². The molecule has 0 saturated carbocycles. The molecule has 2 aromatic rings. The second kappa shape index (κ2) is 9.21. The second-order valence-electron chi connectivity index (χ2n) is 6.88. The molecule has 2 amide bonds. The van der Waals surface area contributed by atoms with E-state index in [2.05, 4.69) is 17.6 Å².